The molecule has 0 aliphatic carbocycles. The summed E-state index contributed by atoms with van der Waals surface area (Å²) >= 11 is 0. The van der Waals surface area contributed by atoms with Crippen molar-refractivity contribution in [3.8, 4) is 11.3 Å². The zero-order valence-corrected chi connectivity index (χ0v) is 15.4. The van der Waals surface area contributed by atoms with E-state index in [1.807, 2.05) is 13.8 Å². The Bertz CT molecular complexity index is 1010. The lowest BCUT2D eigenvalue weighted by Gasteiger charge is -2.21. The molecule has 28 heavy (non-hydrogen) atoms. The molecule has 0 unspecified atom stereocenters. The SMILES string of the molecule is Cc1nc2nc(C3CCOCC3)nc(-c3ccc(C(F)(F)F)nc3)c2nc1C. The van der Waals surface area contributed by atoms with Crippen LogP contribution in [0.15, 0.2) is 18.3 Å². The van der Waals surface area contributed by atoms with Gasteiger partial charge in [0.1, 0.15) is 22.7 Å². The monoisotopic (exact) mass is 389 g/mol. The van der Waals surface area contributed by atoms with E-state index in [9.17, 15) is 13.2 Å². The van der Waals surface area contributed by atoms with Crippen molar-refractivity contribution in [2.75, 3.05) is 13.2 Å². The Morgan fingerprint density at radius 3 is 2.32 bits per heavy atom. The third-order valence-electron chi connectivity index (χ3n) is 4.87. The van der Waals surface area contributed by atoms with Gasteiger partial charge in [0.15, 0.2) is 5.65 Å². The topological polar surface area (TPSA) is 73.7 Å². The molecule has 0 bridgehead atoms. The molecule has 4 heterocycles. The molecule has 146 valence electrons. The van der Waals surface area contributed by atoms with E-state index in [0.717, 1.165) is 30.3 Å². The van der Waals surface area contributed by atoms with Gasteiger partial charge in [0, 0.05) is 30.9 Å². The molecule has 1 saturated heterocycles. The van der Waals surface area contributed by atoms with Gasteiger partial charge < -0.3 is 4.74 Å². The number of pyridine rings is 1. The molecule has 0 radical (unpaired) electrons. The first-order chi connectivity index (χ1) is 13.3. The second-order valence-corrected chi connectivity index (χ2v) is 6.81. The Kier molecular flexibility index (Phi) is 4.70. The minimum Gasteiger partial charge on any atom is -0.381 e. The second kappa shape index (κ2) is 7.05. The van der Waals surface area contributed by atoms with E-state index in [4.69, 9.17) is 4.74 Å². The highest BCUT2D eigenvalue weighted by Gasteiger charge is 2.32. The first-order valence-corrected chi connectivity index (χ1v) is 8.97. The number of aryl methyl sites for hydroxylation is 2. The van der Waals surface area contributed by atoms with E-state index in [-0.39, 0.29) is 5.92 Å². The predicted molar refractivity (Wildman–Crippen MR) is 95.6 cm³/mol. The van der Waals surface area contributed by atoms with Crippen molar-refractivity contribution in [1.82, 2.24) is 24.9 Å². The molecule has 1 aliphatic heterocycles. The molecule has 6 nitrogen and oxygen atoms in total. The summed E-state index contributed by atoms with van der Waals surface area (Å²) in [7, 11) is 0. The van der Waals surface area contributed by atoms with Crippen LogP contribution in [-0.2, 0) is 10.9 Å². The lowest BCUT2D eigenvalue weighted by molar-refractivity contribution is -0.141. The van der Waals surface area contributed by atoms with Crippen LogP contribution in [0.5, 0.6) is 0 Å². The summed E-state index contributed by atoms with van der Waals surface area (Å²) in [5.74, 6) is 0.728. The molecule has 0 aromatic carbocycles. The van der Waals surface area contributed by atoms with E-state index < -0.39 is 11.9 Å². The fraction of sp³-hybridized carbons (Fsp3) is 0.421. The van der Waals surface area contributed by atoms with Crippen LogP contribution in [0.3, 0.4) is 0 Å². The van der Waals surface area contributed by atoms with Crippen LogP contribution in [-0.4, -0.2) is 38.1 Å². The smallest absolute Gasteiger partial charge is 0.381 e. The maximum Gasteiger partial charge on any atom is 0.433 e. The molecule has 0 atom stereocenters. The molecular formula is C19H18F3N5O. The predicted octanol–water partition coefficient (Wildman–Crippen LogP) is 4.01. The van der Waals surface area contributed by atoms with Crippen molar-refractivity contribution in [2.24, 2.45) is 0 Å². The third-order valence-corrected chi connectivity index (χ3v) is 4.87. The fourth-order valence-corrected chi connectivity index (χ4v) is 3.17. The summed E-state index contributed by atoms with van der Waals surface area (Å²) in [6.45, 7) is 4.92. The van der Waals surface area contributed by atoms with E-state index >= 15 is 0 Å². The first-order valence-electron chi connectivity index (χ1n) is 8.97. The van der Waals surface area contributed by atoms with E-state index in [1.165, 1.54) is 12.3 Å². The standard InChI is InChI=1S/C19H18F3N5O/c1-10-11(2)25-18-16(24-10)15(13-3-4-14(23-9-13)19(20,21)22)26-17(27-18)12-5-7-28-8-6-12/h3-4,9,12H,5-8H2,1-2H3. The average Bonchev–Trinajstić information content (AvgIpc) is 2.68. The lowest BCUT2D eigenvalue weighted by Crippen LogP contribution is -2.17. The van der Waals surface area contributed by atoms with Gasteiger partial charge in [-0.1, -0.05) is 0 Å². The van der Waals surface area contributed by atoms with Crippen molar-refractivity contribution in [3.63, 3.8) is 0 Å². The van der Waals surface area contributed by atoms with Crippen molar-refractivity contribution in [1.29, 1.82) is 0 Å². The van der Waals surface area contributed by atoms with Gasteiger partial charge in [-0.15, -0.1) is 0 Å². The van der Waals surface area contributed by atoms with E-state index in [0.29, 0.717) is 41.5 Å². The molecule has 0 amide bonds. The minimum atomic E-state index is -4.49. The normalized spacial score (nSPS) is 15.9. The van der Waals surface area contributed by atoms with Gasteiger partial charge in [-0.3, -0.25) is 4.98 Å². The molecule has 4 rings (SSSR count). The lowest BCUT2D eigenvalue weighted by atomic mass is 9.99. The van der Waals surface area contributed by atoms with E-state index in [1.54, 1.807) is 0 Å². The Labute approximate surface area is 159 Å². The molecule has 3 aromatic heterocycles. The minimum absolute atomic E-state index is 0.114. The van der Waals surface area contributed by atoms with Crippen molar-refractivity contribution < 1.29 is 17.9 Å². The van der Waals surface area contributed by atoms with Gasteiger partial charge in [-0.25, -0.2) is 19.9 Å². The summed E-state index contributed by atoms with van der Waals surface area (Å²) in [6, 6.07) is 2.31. The van der Waals surface area contributed by atoms with Gasteiger partial charge in [0.2, 0.25) is 0 Å². The summed E-state index contributed by atoms with van der Waals surface area (Å²) in [6.07, 6.45) is -1.74. The quantitative estimate of drug-likeness (QED) is 0.659. The summed E-state index contributed by atoms with van der Waals surface area (Å²) in [4.78, 5) is 21.9. The summed E-state index contributed by atoms with van der Waals surface area (Å²) < 4.78 is 44.0. The Morgan fingerprint density at radius 2 is 1.68 bits per heavy atom. The number of ether oxygens (including phenoxy) is 1. The van der Waals surface area contributed by atoms with Crippen LogP contribution < -0.4 is 0 Å². The van der Waals surface area contributed by atoms with Crippen LogP contribution >= 0.6 is 0 Å². The van der Waals surface area contributed by atoms with Gasteiger partial charge in [0.05, 0.1) is 11.4 Å². The number of nitrogens with zero attached hydrogens (tertiary/aromatic N) is 5. The number of halogens is 3. The maximum absolute atomic E-state index is 12.9. The van der Waals surface area contributed by atoms with Crippen LogP contribution in [0, 0.1) is 13.8 Å². The fourth-order valence-electron chi connectivity index (χ4n) is 3.17. The zero-order chi connectivity index (χ0) is 19.9. The van der Waals surface area contributed by atoms with Gasteiger partial charge in [-0.2, -0.15) is 13.2 Å². The van der Waals surface area contributed by atoms with Crippen molar-refractivity contribution >= 4 is 11.2 Å². The average molecular weight is 389 g/mol. The Morgan fingerprint density at radius 1 is 0.964 bits per heavy atom. The molecule has 9 heteroatoms. The van der Waals surface area contributed by atoms with Crippen LogP contribution in [0.4, 0.5) is 13.2 Å². The van der Waals surface area contributed by atoms with Crippen LogP contribution in [0.2, 0.25) is 0 Å². The Balaban J connectivity index is 1.88. The molecule has 0 saturated carbocycles. The number of alkyl halides is 3. The third kappa shape index (κ3) is 3.54. The van der Waals surface area contributed by atoms with Crippen LogP contribution in [0.25, 0.3) is 22.4 Å². The van der Waals surface area contributed by atoms with Crippen LogP contribution in [0.1, 0.15) is 41.7 Å². The molecule has 0 N–H and O–H groups in total. The summed E-state index contributed by atoms with van der Waals surface area (Å²) in [5.41, 5.74) is 2.32. The highest BCUT2D eigenvalue weighted by atomic mass is 19.4. The molecular weight excluding hydrogens is 371 g/mol. The first kappa shape index (κ1) is 18.7. The summed E-state index contributed by atoms with van der Waals surface area (Å²) in [5, 5.41) is 0. The number of hydrogen-bond acceptors (Lipinski definition) is 6. The van der Waals surface area contributed by atoms with Crippen molar-refractivity contribution in [3.05, 3.63) is 41.2 Å². The van der Waals surface area contributed by atoms with Crippen molar-refractivity contribution in [2.45, 2.75) is 38.8 Å². The van der Waals surface area contributed by atoms with E-state index in [2.05, 4.69) is 24.9 Å². The van der Waals surface area contributed by atoms with Gasteiger partial charge in [-0.05, 0) is 38.8 Å². The zero-order valence-electron chi connectivity index (χ0n) is 15.4. The number of aromatic nitrogens is 5. The number of fused-ring (bicyclic) bond motifs is 1. The maximum atomic E-state index is 12.9. The Hall–Kier alpha value is -2.68. The molecule has 3 aromatic rings. The molecule has 1 fully saturated rings. The molecule has 0 spiro atoms. The molecule has 1 aliphatic rings. The number of hydrogen-bond donors (Lipinski definition) is 0. The highest BCUT2D eigenvalue weighted by molar-refractivity contribution is 5.86. The largest absolute Gasteiger partial charge is 0.433 e. The van der Waals surface area contributed by atoms with Gasteiger partial charge >= 0.3 is 6.18 Å². The highest BCUT2D eigenvalue weighted by Crippen LogP contribution is 2.32. The van der Waals surface area contributed by atoms with Gasteiger partial charge in [0.25, 0.3) is 0 Å². The second-order valence-electron chi connectivity index (χ2n) is 6.81. The number of rotatable bonds is 2.